The Morgan fingerprint density at radius 1 is 1.19 bits per heavy atom. The molecule has 0 aliphatic heterocycles. The highest BCUT2D eigenvalue weighted by atomic mass is 16.6. The Morgan fingerprint density at radius 2 is 1.75 bits per heavy atom. The van der Waals surface area contributed by atoms with Gasteiger partial charge in [0.15, 0.2) is 0 Å². The van der Waals surface area contributed by atoms with E-state index in [4.69, 9.17) is 20.3 Å². The van der Waals surface area contributed by atoms with E-state index in [0.29, 0.717) is 0 Å². The summed E-state index contributed by atoms with van der Waals surface area (Å²) in [6.45, 7) is 0. The average molecular weight is 217 g/mol. The Labute approximate surface area is 93.4 Å². The molecule has 4 heteroatoms. The van der Waals surface area contributed by atoms with Crippen LogP contribution in [0.5, 0.6) is 0 Å². The van der Waals surface area contributed by atoms with Crippen molar-refractivity contribution in [2.24, 2.45) is 0 Å². The Hall–Kier alpha value is -2.54. The minimum atomic E-state index is -1.83. The van der Waals surface area contributed by atoms with Gasteiger partial charge in [0.1, 0.15) is 0 Å². The Bertz CT molecular complexity index is 398. The van der Waals surface area contributed by atoms with Gasteiger partial charge in [-0.05, 0) is 5.56 Å². The van der Waals surface area contributed by atoms with Crippen LogP contribution in [-0.4, -0.2) is 16.4 Å². The van der Waals surface area contributed by atoms with E-state index in [1.165, 1.54) is 6.08 Å². The van der Waals surface area contributed by atoms with Crippen molar-refractivity contribution >= 4 is 12.2 Å². The summed E-state index contributed by atoms with van der Waals surface area (Å²) in [5, 5.41) is 22.1. The number of hydrogen-bond acceptors (Lipinski definition) is 2. The molecule has 0 heterocycles. The summed E-state index contributed by atoms with van der Waals surface area (Å²) < 4.78 is 0. The second kappa shape index (κ2) is 9.03. The lowest BCUT2D eigenvalue weighted by Gasteiger charge is -1.87. The molecule has 4 nitrogen and oxygen atoms in total. The first kappa shape index (κ1) is 13.5. The van der Waals surface area contributed by atoms with Gasteiger partial charge in [-0.25, -0.2) is 4.79 Å². The molecule has 0 bridgehead atoms. The van der Waals surface area contributed by atoms with Gasteiger partial charge in [-0.3, -0.25) is 0 Å². The third-order valence-corrected chi connectivity index (χ3v) is 1.37. The summed E-state index contributed by atoms with van der Waals surface area (Å²) in [5.74, 6) is 0. The summed E-state index contributed by atoms with van der Waals surface area (Å²) in [7, 11) is 0. The third-order valence-electron chi connectivity index (χ3n) is 1.37. The van der Waals surface area contributed by atoms with Crippen LogP contribution in [0.25, 0.3) is 6.08 Å². The number of nitriles is 1. The minimum absolute atomic E-state index is 1.14. The van der Waals surface area contributed by atoms with Crippen molar-refractivity contribution in [3.63, 3.8) is 0 Å². The number of allylic oxidation sites excluding steroid dienone is 3. The zero-order valence-electron chi connectivity index (χ0n) is 8.45. The van der Waals surface area contributed by atoms with E-state index in [0.717, 1.165) is 5.56 Å². The fourth-order valence-corrected chi connectivity index (χ4v) is 0.829. The van der Waals surface area contributed by atoms with E-state index in [1.807, 2.05) is 48.6 Å². The van der Waals surface area contributed by atoms with Crippen molar-refractivity contribution in [3.8, 4) is 6.07 Å². The summed E-state index contributed by atoms with van der Waals surface area (Å²) in [6, 6.07) is 11.9. The molecule has 1 aromatic carbocycles. The van der Waals surface area contributed by atoms with Crippen LogP contribution in [-0.2, 0) is 0 Å². The highest BCUT2D eigenvalue weighted by Crippen LogP contribution is 2.00. The summed E-state index contributed by atoms with van der Waals surface area (Å²) in [5.41, 5.74) is 1.14. The molecule has 82 valence electrons. The highest BCUT2D eigenvalue weighted by Gasteiger charge is 1.78. The van der Waals surface area contributed by atoms with Crippen LogP contribution in [0.1, 0.15) is 5.56 Å². The van der Waals surface area contributed by atoms with Crippen LogP contribution < -0.4 is 0 Å². The molecule has 2 N–H and O–H groups in total. The molecule has 0 fully saturated rings. The second-order valence-corrected chi connectivity index (χ2v) is 2.54. The molecule has 0 aliphatic carbocycles. The Morgan fingerprint density at radius 3 is 2.25 bits per heavy atom. The number of nitrogens with zero attached hydrogens (tertiary/aromatic N) is 1. The predicted octanol–water partition coefficient (Wildman–Crippen LogP) is 3.00. The molecular weight excluding hydrogens is 206 g/mol. The molecule has 0 radical (unpaired) electrons. The quantitative estimate of drug-likeness (QED) is 0.589. The van der Waals surface area contributed by atoms with Gasteiger partial charge in [0, 0.05) is 6.08 Å². The Balaban J connectivity index is 0.000000487. The lowest BCUT2D eigenvalue weighted by molar-refractivity contribution is 0.137. The first-order chi connectivity index (χ1) is 7.66. The van der Waals surface area contributed by atoms with Gasteiger partial charge in [0.2, 0.25) is 0 Å². The smallest absolute Gasteiger partial charge is 0.450 e. The lowest BCUT2D eigenvalue weighted by Crippen LogP contribution is -1.81. The zero-order chi connectivity index (χ0) is 12.2. The van der Waals surface area contributed by atoms with Gasteiger partial charge in [-0.15, -0.1) is 0 Å². The number of rotatable bonds is 2. The standard InChI is InChI=1S/C11H9N.CH2O3/c12-10-6-2-5-9-11-7-3-1-4-8-11;2-1(3)4/h1-9H;(H2,2,3,4). The molecule has 0 saturated carbocycles. The van der Waals surface area contributed by atoms with Crippen LogP contribution >= 0.6 is 0 Å². The van der Waals surface area contributed by atoms with Crippen LogP contribution in [0.3, 0.4) is 0 Å². The van der Waals surface area contributed by atoms with E-state index in [2.05, 4.69) is 0 Å². The van der Waals surface area contributed by atoms with Gasteiger partial charge in [-0.1, -0.05) is 48.6 Å². The maximum Gasteiger partial charge on any atom is 0.503 e. The van der Waals surface area contributed by atoms with E-state index in [1.54, 1.807) is 6.08 Å². The fraction of sp³-hybridized carbons (Fsp3) is 0. The van der Waals surface area contributed by atoms with Gasteiger partial charge < -0.3 is 10.2 Å². The van der Waals surface area contributed by atoms with Crippen LogP contribution in [0, 0.1) is 11.3 Å². The highest BCUT2D eigenvalue weighted by molar-refractivity contribution is 5.53. The first-order valence-corrected chi connectivity index (χ1v) is 4.36. The van der Waals surface area contributed by atoms with E-state index in [-0.39, 0.29) is 0 Å². The van der Waals surface area contributed by atoms with Crippen LogP contribution in [0.4, 0.5) is 4.79 Å². The minimum Gasteiger partial charge on any atom is -0.450 e. The normalized spacial score (nSPS) is 9.44. The number of benzene rings is 1. The van der Waals surface area contributed by atoms with Crippen LogP contribution in [0.15, 0.2) is 48.6 Å². The molecule has 16 heavy (non-hydrogen) atoms. The van der Waals surface area contributed by atoms with Crippen molar-refractivity contribution in [1.29, 1.82) is 5.26 Å². The summed E-state index contributed by atoms with van der Waals surface area (Å²) >= 11 is 0. The molecule has 0 amide bonds. The largest absolute Gasteiger partial charge is 0.503 e. The average Bonchev–Trinajstić information content (AvgIpc) is 2.25. The number of carboxylic acid groups (broad SMARTS) is 2. The maximum atomic E-state index is 8.56. The molecule has 0 aromatic heterocycles. The van der Waals surface area contributed by atoms with Crippen molar-refractivity contribution in [2.75, 3.05) is 0 Å². The Kier molecular flexibility index (Phi) is 7.60. The topological polar surface area (TPSA) is 81.3 Å². The molecule has 0 saturated heterocycles. The maximum absolute atomic E-state index is 8.56. The lowest BCUT2D eigenvalue weighted by atomic mass is 10.2. The third kappa shape index (κ3) is 9.55. The summed E-state index contributed by atoms with van der Waals surface area (Å²) in [6.07, 6.45) is 5.12. The molecule has 0 spiro atoms. The number of carbonyl (C=O) groups is 1. The van der Waals surface area contributed by atoms with Gasteiger partial charge in [-0.2, -0.15) is 5.26 Å². The van der Waals surface area contributed by atoms with Gasteiger partial charge in [0.25, 0.3) is 0 Å². The van der Waals surface area contributed by atoms with E-state index < -0.39 is 6.16 Å². The van der Waals surface area contributed by atoms with Gasteiger partial charge >= 0.3 is 6.16 Å². The molecule has 1 aromatic rings. The summed E-state index contributed by atoms with van der Waals surface area (Å²) in [4.78, 5) is 8.56. The first-order valence-electron chi connectivity index (χ1n) is 4.36. The fourth-order valence-electron chi connectivity index (χ4n) is 0.829. The zero-order valence-corrected chi connectivity index (χ0v) is 8.45. The van der Waals surface area contributed by atoms with E-state index in [9.17, 15) is 0 Å². The van der Waals surface area contributed by atoms with E-state index >= 15 is 0 Å². The van der Waals surface area contributed by atoms with Crippen molar-refractivity contribution in [3.05, 3.63) is 54.1 Å². The van der Waals surface area contributed by atoms with Crippen molar-refractivity contribution < 1.29 is 15.0 Å². The van der Waals surface area contributed by atoms with Crippen molar-refractivity contribution in [1.82, 2.24) is 0 Å². The molecule has 0 aliphatic rings. The number of hydrogen-bond donors (Lipinski definition) is 2. The predicted molar refractivity (Wildman–Crippen MR) is 60.9 cm³/mol. The van der Waals surface area contributed by atoms with Crippen LogP contribution in [0.2, 0.25) is 0 Å². The molecule has 0 unspecified atom stereocenters. The van der Waals surface area contributed by atoms with Crippen molar-refractivity contribution in [2.45, 2.75) is 0 Å². The molecule has 0 atom stereocenters. The monoisotopic (exact) mass is 217 g/mol. The molecule has 1 rings (SSSR count). The SMILES string of the molecule is N#CC=CC=Cc1ccccc1.O=C(O)O. The molecular formula is C12H11NO3. The van der Waals surface area contributed by atoms with Gasteiger partial charge in [0.05, 0.1) is 6.07 Å². The second-order valence-electron chi connectivity index (χ2n) is 2.54.